The molecule has 0 unspecified atom stereocenters. The molecular formula is C12H17NO4S. The lowest BCUT2D eigenvalue weighted by atomic mass is 10.2. The third-order valence-electron chi connectivity index (χ3n) is 1.88. The Hall–Kier alpha value is -1.56. The summed E-state index contributed by atoms with van der Waals surface area (Å²) in [6.45, 7) is 5.72. The summed E-state index contributed by atoms with van der Waals surface area (Å²) in [6, 6.07) is 1.69. The maximum atomic E-state index is 11.4. The van der Waals surface area contributed by atoms with E-state index in [1.54, 1.807) is 32.2 Å². The molecular weight excluding hydrogens is 254 g/mol. The Bertz CT molecular complexity index is 434. The van der Waals surface area contributed by atoms with Crippen LogP contribution in [0.3, 0.4) is 0 Å². The molecule has 5 nitrogen and oxygen atoms in total. The van der Waals surface area contributed by atoms with E-state index in [0.29, 0.717) is 11.4 Å². The highest BCUT2D eigenvalue weighted by Gasteiger charge is 2.16. The molecule has 0 saturated heterocycles. The number of rotatable bonds is 3. The van der Waals surface area contributed by atoms with E-state index in [1.807, 2.05) is 0 Å². The van der Waals surface area contributed by atoms with Crippen molar-refractivity contribution >= 4 is 23.4 Å². The zero-order valence-corrected chi connectivity index (χ0v) is 11.7. The maximum Gasteiger partial charge on any atom is 0.407 e. The second-order valence-electron chi connectivity index (χ2n) is 4.67. The molecule has 0 atom stereocenters. The van der Waals surface area contributed by atoms with Crippen LogP contribution in [0, 0.1) is 0 Å². The van der Waals surface area contributed by atoms with Crippen LogP contribution in [0.2, 0.25) is 0 Å². The topological polar surface area (TPSA) is 64.6 Å². The molecule has 0 aliphatic carbocycles. The van der Waals surface area contributed by atoms with Gasteiger partial charge in [0.05, 0.1) is 7.11 Å². The SMILES string of the molecule is COC(=O)c1cc(CNC(=O)OC(C)(C)C)cs1. The highest BCUT2D eigenvalue weighted by Crippen LogP contribution is 2.15. The van der Waals surface area contributed by atoms with Crippen LogP contribution in [0.25, 0.3) is 0 Å². The number of esters is 1. The highest BCUT2D eigenvalue weighted by molar-refractivity contribution is 7.12. The minimum Gasteiger partial charge on any atom is -0.465 e. The number of alkyl carbamates (subject to hydrolysis) is 1. The summed E-state index contributed by atoms with van der Waals surface area (Å²) < 4.78 is 9.70. The summed E-state index contributed by atoms with van der Waals surface area (Å²) in [5, 5.41) is 4.41. The summed E-state index contributed by atoms with van der Waals surface area (Å²) >= 11 is 1.28. The number of hydrogen-bond acceptors (Lipinski definition) is 5. The van der Waals surface area contributed by atoms with E-state index in [0.717, 1.165) is 5.56 Å². The fourth-order valence-corrected chi connectivity index (χ4v) is 1.99. The molecule has 0 spiro atoms. The molecule has 0 aromatic carbocycles. The Kier molecular flexibility index (Phi) is 4.72. The average Bonchev–Trinajstić information content (AvgIpc) is 2.71. The molecule has 0 aliphatic rings. The third-order valence-corrected chi connectivity index (χ3v) is 2.84. The molecule has 1 amide bonds. The van der Waals surface area contributed by atoms with Gasteiger partial charge in [-0.2, -0.15) is 0 Å². The zero-order chi connectivity index (χ0) is 13.8. The van der Waals surface area contributed by atoms with Crippen molar-refractivity contribution in [1.29, 1.82) is 0 Å². The Morgan fingerprint density at radius 1 is 1.39 bits per heavy atom. The van der Waals surface area contributed by atoms with Crippen molar-refractivity contribution in [2.24, 2.45) is 0 Å². The molecule has 6 heteroatoms. The Morgan fingerprint density at radius 3 is 2.61 bits per heavy atom. The fraction of sp³-hybridized carbons (Fsp3) is 0.500. The molecule has 1 heterocycles. The fourth-order valence-electron chi connectivity index (χ4n) is 1.16. The second kappa shape index (κ2) is 5.86. The molecule has 0 fully saturated rings. The number of carbonyl (C=O) groups excluding carboxylic acids is 2. The standard InChI is InChI=1S/C12H17NO4S/c1-12(2,3)17-11(15)13-6-8-5-9(18-7-8)10(14)16-4/h5,7H,6H2,1-4H3,(H,13,15). The van der Waals surface area contributed by atoms with Gasteiger partial charge in [-0.3, -0.25) is 0 Å². The summed E-state index contributed by atoms with van der Waals surface area (Å²) in [6.07, 6.45) is -0.478. The van der Waals surface area contributed by atoms with Crippen molar-refractivity contribution in [3.8, 4) is 0 Å². The second-order valence-corrected chi connectivity index (χ2v) is 5.58. The number of hydrogen-bond donors (Lipinski definition) is 1. The van der Waals surface area contributed by atoms with Crippen LogP contribution in [0.1, 0.15) is 36.0 Å². The van der Waals surface area contributed by atoms with E-state index in [2.05, 4.69) is 10.1 Å². The van der Waals surface area contributed by atoms with Gasteiger partial charge in [0.15, 0.2) is 0 Å². The van der Waals surface area contributed by atoms with E-state index in [9.17, 15) is 9.59 Å². The van der Waals surface area contributed by atoms with Gasteiger partial charge in [0.2, 0.25) is 0 Å². The molecule has 100 valence electrons. The lowest BCUT2D eigenvalue weighted by Gasteiger charge is -2.19. The first-order chi connectivity index (χ1) is 8.31. The van der Waals surface area contributed by atoms with Gasteiger partial charge < -0.3 is 14.8 Å². The smallest absolute Gasteiger partial charge is 0.407 e. The first-order valence-corrected chi connectivity index (χ1v) is 6.32. The summed E-state index contributed by atoms with van der Waals surface area (Å²) in [5.41, 5.74) is 0.321. The number of amides is 1. The van der Waals surface area contributed by atoms with Gasteiger partial charge in [-0.05, 0) is 37.8 Å². The van der Waals surface area contributed by atoms with Gasteiger partial charge in [0.25, 0.3) is 0 Å². The Balaban J connectivity index is 2.47. The number of carbonyl (C=O) groups is 2. The zero-order valence-electron chi connectivity index (χ0n) is 10.9. The van der Waals surface area contributed by atoms with Crippen molar-refractivity contribution in [2.45, 2.75) is 32.9 Å². The minimum atomic E-state index is -0.518. The molecule has 18 heavy (non-hydrogen) atoms. The van der Waals surface area contributed by atoms with Crippen LogP contribution in [0.5, 0.6) is 0 Å². The summed E-state index contributed by atoms with van der Waals surface area (Å²) in [7, 11) is 1.33. The Morgan fingerprint density at radius 2 is 2.06 bits per heavy atom. The van der Waals surface area contributed by atoms with Gasteiger partial charge in [0, 0.05) is 6.54 Å². The summed E-state index contributed by atoms with van der Waals surface area (Å²) in [5.74, 6) is -0.372. The first kappa shape index (κ1) is 14.5. The number of methoxy groups -OCH3 is 1. The quantitative estimate of drug-likeness (QED) is 0.858. The first-order valence-electron chi connectivity index (χ1n) is 5.44. The van der Waals surface area contributed by atoms with Crippen molar-refractivity contribution in [2.75, 3.05) is 7.11 Å². The van der Waals surface area contributed by atoms with Crippen molar-refractivity contribution in [3.63, 3.8) is 0 Å². The highest BCUT2D eigenvalue weighted by atomic mass is 32.1. The van der Waals surface area contributed by atoms with Gasteiger partial charge in [-0.15, -0.1) is 11.3 Å². The minimum absolute atomic E-state index is 0.322. The van der Waals surface area contributed by atoms with Crippen LogP contribution in [-0.4, -0.2) is 24.8 Å². The maximum absolute atomic E-state index is 11.4. The van der Waals surface area contributed by atoms with Crippen LogP contribution >= 0.6 is 11.3 Å². The predicted molar refractivity (Wildman–Crippen MR) is 68.7 cm³/mol. The molecule has 0 aliphatic heterocycles. The lowest BCUT2D eigenvalue weighted by molar-refractivity contribution is 0.0523. The van der Waals surface area contributed by atoms with Crippen molar-refractivity contribution in [3.05, 3.63) is 21.9 Å². The van der Waals surface area contributed by atoms with Gasteiger partial charge >= 0.3 is 12.1 Å². The molecule has 1 N–H and O–H groups in total. The third kappa shape index (κ3) is 4.75. The van der Waals surface area contributed by atoms with Crippen molar-refractivity contribution in [1.82, 2.24) is 5.32 Å². The van der Waals surface area contributed by atoms with Crippen LogP contribution < -0.4 is 5.32 Å². The monoisotopic (exact) mass is 271 g/mol. The van der Waals surface area contributed by atoms with Crippen LogP contribution in [0.15, 0.2) is 11.4 Å². The van der Waals surface area contributed by atoms with E-state index in [1.165, 1.54) is 18.4 Å². The predicted octanol–water partition coefficient (Wildman–Crippen LogP) is 2.56. The van der Waals surface area contributed by atoms with E-state index in [-0.39, 0.29) is 5.97 Å². The molecule has 0 radical (unpaired) electrons. The van der Waals surface area contributed by atoms with Gasteiger partial charge in [-0.25, -0.2) is 9.59 Å². The average molecular weight is 271 g/mol. The lowest BCUT2D eigenvalue weighted by Crippen LogP contribution is -2.32. The number of thiophene rings is 1. The number of ether oxygens (including phenoxy) is 2. The largest absolute Gasteiger partial charge is 0.465 e. The molecule has 1 aromatic heterocycles. The van der Waals surface area contributed by atoms with E-state index < -0.39 is 11.7 Å². The Labute approximate surface area is 110 Å². The normalized spacial score (nSPS) is 10.9. The van der Waals surface area contributed by atoms with E-state index >= 15 is 0 Å². The van der Waals surface area contributed by atoms with Crippen LogP contribution in [0.4, 0.5) is 4.79 Å². The molecule has 1 rings (SSSR count). The molecule has 0 saturated carbocycles. The van der Waals surface area contributed by atoms with Gasteiger partial charge in [0.1, 0.15) is 10.5 Å². The van der Waals surface area contributed by atoms with Crippen molar-refractivity contribution < 1.29 is 19.1 Å². The molecule has 1 aromatic rings. The van der Waals surface area contributed by atoms with E-state index in [4.69, 9.17) is 4.74 Å². The molecule has 0 bridgehead atoms. The number of nitrogens with one attached hydrogen (secondary N) is 1. The van der Waals surface area contributed by atoms with Crippen LogP contribution in [-0.2, 0) is 16.0 Å². The summed E-state index contributed by atoms with van der Waals surface area (Å²) in [4.78, 5) is 23.1. The van der Waals surface area contributed by atoms with Gasteiger partial charge in [-0.1, -0.05) is 0 Å².